The molecule has 3 aromatic rings. The summed E-state index contributed by atoms with van der Waals surface area (Å²) in [5, 5.41) is 13.2. The molecule has 0 aliphatic carbocycles. The minimum atomic E-state index is 0.332. The van der Waals surface area contributed by atoms with Crippen LogP contribution in [-0.4, -0.2) is 31.3 Å². The summed E-state index contributed by atoms with van der Waals surface area (Å²) in [7, 11) is 0. The number of hydrogen-bond acceptors (Lipinski definition) is 4. The standard InChI is InChI=1S/C24H27N3O/c1-19-6-10-22(11-7-19)26-14-16-27(17-15-26)23-12-8-21(9-13-23)25-18-20-4-2-3-5-24(20)28/h2-13,25,28H,14-18H2,1H3. The molecule has 144 valence electrons. The molecule has 28 heavy (non-hydrogen) atoms. The highest BCUT2D eigenvalue weighted by molar-refractivity contribution is 5.57. The van der Waals surface area contributed by atoms with Crippen LogP contribution < -0.4 is 15.1 Å². The maximum atomic E-state index is 9.87. The van der Waals surface area contributed by atoms with E-state index in [1.54, 1.807) is 6.07 Å². The maximum absolute atomic E-state index is 9.87. The van der Waals surface area contributed by atoms with Gasteiger partial charge in [0.1, 0.15) is 5.75 Å². The van der Waals surface area contributed by atoms with Gasteiger partial charge in [-0.2, -0.15) is 0 Å². The van der Waals surface area contributed by atoms with E-state index in [1.165, 1.54) is 16.9 Å². The van der Waals surface area contributed by atoms with E-state index >= 15 is 0 Å². The van der Waals surface area contributed by atoms with Crippen LogP contribution in [0.3, 0.4) is 0 Å². The fourth-order valence-corrected chi connectivity index (χ4v) is 3.63. The molecule has 1 saturated heterocycles. The van der Waals surface area contributed by atoms with E-state index in [4.69, 9.17) is 0 Å². The summed E-state index contributed by atoms with van der Waals surface area (Å²) in [5.74, 6) is 0.332. The van der Waals surface area contributed by atoms with Crippen LogP contribution in [-0.2, 0) is 6.54 Å². The summed E-state index contributed by atoms with van der Waals surface area (Å²) < 4.78 is 0. The minimum Gasteiger partial charge on any atom is -0.508 e. The summed E-state index contributed by atoms with van der Waals surface area (Å²) in [5.41, 5.74) is 5.84. The molecule has 0 atom stereocenters. The van der Waals surface area contributed by atoms with E-state index in [9.17, 15) is 5.11 Å². The zero-order chi connectivity index (χ0) is 19.3. The van der Waals surface area contributed by atoms with Crippen molar-refractivity contribution in [1.29, 1.82) is 0 Å². The number of aryl methyl sites for hydroxylation is 1. The third-order valence-corrected chi connectivity index (χ3v) is 5.39. The smallest absolute Gasteiger partial charge is 0.120 e. The number of benzene rings is 3. The molecule has 4 rings (SSSR count). The second kappa shape index (κ2) is 8.26. The van der Waals surface area contributed by atoms with Gasteiger partial charge in [-0.15, -0.1) is 0 Å². The lowest BCUT2D eigenvalue weighted by Gasteiger charge is -2.37. The largest absolute Gasteiger partial charge is 0.508 e. The van der Waals surface area contributed by atoms with Gasteiger partial charge in [-0.1, -0.05) is 35.9 Å². The van der Waals surface area contributed by atoms with Crippen LogP contribution in [0.2, 0.25) is 0 Å². The van der Waals surface area contributed by atoms with Crippen molar-refractivity contribution in [3.8, 4) is 5.75 Å². The molecule has 1 heterocycles. The monoisotopic (exact) mass is 373 g/mol. The molecule has 1 aliphatic heterocycles. The van der Waals surface area contributed by atoms with Gasteiger partial charge in [0.05, 0.1) is 0 Å². The molecule has 0 radical (unpaired) electrons. The third kappa shape index (κ3) is 4.22. The molecule has 3 aromatic carbocycles. The molecule has 2 N–H and O–H groups in total. The van der Waals surface area contributed by atoms with Crippen LogP contribution in [0.25, 0.3) is 0 Å². The van der Waals surface area contributed by atoms with Crippen molar-refractivity contribution >= 4 is 17.1 Å². The van der Waals surface area contributed by atoms with Crippen LogP contribution >= 0.6 is 0 Å². The highest BCUT2D eigenvalue weighted by Gasteiger charge is 2.17. The Morgan fingerprint density at radius 1 is 0.750 bits per heavy atom. The van der Waals surface area contributed by atoms with Crippen molar-refractivity contribution in [3.63, 3.8) is 0 Å². The number of aromatic hydroxyl groups is 1. The Morgan fingerprint density at radius 2 is 1.29 bits per heavy atom. The summed E-state index contributed by atoms with van der Waals surface area (Å²) >= 11 is 0. The second-order valence-electron chi connectivity index (χ2n) is 7.34. The molecular formula is C24H27N3O. The predicted octanol–water partition coefficient (Wildman–Crippen LogP) is 4.64. The minimum absolute atomic E-state index is 0.332. The molecule has 0 saturated carbocycles. The molecule has 0 spiro atoms. The molecule has 4 heteroatoms. The SMILES string of the molecule is Cc1ccc(N2CCN(c3ccc(NCc4ccccc4O)cc3)CC2)cc1. The molecule has 4 nitrogen and oxygen atoms in total. The second-order valence-corrected chi connectivity index (χ2v) is 7.34. The maximum Gasteiger partial charge on any atom is 0.120 e. The Labute approximate surface area is 167 Å². The van der Waals surface area contributed by atoms with E-state index in [-0.39, 0.29) is 0 Å². The summed E-state index contributed by atoms with van der Waals surface area (Å²) in [6.45, 7) is 6.87. The third-order valence-electron chi connectivity index (χ3n) is 5.39. The first-order valence-corrected chi connectivity index (χ1v) is 9.86. The molecular weight excluding hydrogens is 346 g/mol. The number of para-hydroxylation sites is 1. The molecule has 0 aromatic heterocycles. The molecule has 0 bridgehead atoms. The average molecular weight is 374 g/mol. The molecule has 1 aliphatic rings. The van der Waals surface area contributed by atoms with Crippen molar-refractivity contribution in [3.05, 3.63) is 83.9 Å². The van der Waals surface area contributed by atoms with Gasteiger partial charge >= 0.3 is 0 Å². The van der Waals surface area contributed by atoms with E-state index in [2.05, 4.69) is 70.6 Å². The van der Waals surface area contributed by atoms with Crippen molar-refractivity contribution in [1.82, 2.24) is 0 Å². The van der Waals surface area contributed by atoms with Gasteiger partial charge in [0, 0.05) is 55.3 Å². The predicted molar refractivity (Wildman–Crippen MR) is 117 cm³/mol. The number of nitrogens with one attached hydrogen (secondary N) is 1. The zero-order valence-corrected chi connectivity index (χ0v) is 16.3. The lowest BCUT2D eigenvalue weighted by atomic mass is 10.1. The highest BCUT2D eigenvalue weighted by atomic mass is 16.3. The lowest BCUT2D eigenvalue weighted by molar-refractivity contribution is 0.469. The summed E-state index contributed by atoms with van der Waals surface area (Å²) in [6, 6.07) is 24.8. The quantitative estimate of drug-likeness (QED) is 0.683. The van der Waals surface area contributed by atoms with Gasteiger partial charge in [-0.3, -0.25) is 0 Å². The van der Waals surface area contributed by atoms with Crippen LogP contribution in [0.4, 0.5) is 17.1 Å². The first-order chi connectivity index (χ1) is 13.7. The number of anilines is 3. The van der Waals surface area contributed by atoms with Gasteiger partial charge in [-0.25, -0.2) is 0 Å². The van der Waals surface area contributed by atoms with Crippen molar-refractivity contribution < 1.29 is 5.11 Å². The van der Waals surface area contributed by atoms with E-state index in [1.807, 2.05) is 18.2 Å². The number of nitrogens with zero attached hydrogens (tertiary/aromatic N) is 2. The van der Waals surface area contributed by atoms with E-state index in [0.29, 0.717) is 12.3 Å². The van der Waals surface area contributed by atoms with E-state index < -0.39 is 0 Å². The number of phenols is 1. The fourth-order valence-electron chi connectivity index (χ4n) is 3.63. The number of phenolic OH excluding ortho intramolecular Hbond substituents is 1. The number of piperazine rings is 1. The van der Waals surface area contributed by atoms with Gasteiger partial charge in [0.25, 0.3) is 0 Å². The van der Waals surface area contributed by atoms with Gasteiger partial charge in [-0.05, 0) is 49.4 Å². The average Bonchev–Trinajstić information content (AvgIpc) is 2.74. The van der Waals surface area contributed by atoms with Gasteiger partial charge < -0.3 is 20.2 Å². The first kappa shape index (κ1) is 18.2. The normalized spacial score (nSPS) is 14.2. The van der Waals surface area contributed by atoms with Crippen LogP contribution in [0.5, 0.6) is 5.75 Å². The lowest BCUT2D eigenvalue weighted by Crippen LogP contribution is -2.46. The Hall–Kier alpha value is -3.14. The van der Waals surface area contributed by atoms with Crippen molar-refractivity contribution in [2.75, 3.05) is 41.3 Å². The van der Waals surface area contributed by atoms with Crippen LogP contribution in [0.1, 0.15) is 11.1 Å². The highest BCUT2D eigenvalue weighted by Crippen LogP contribution is 2.23. The Bertz CT molecular complexity index is 898. The van der Waals surface area contributed by atoms with Crippen molar-refractivity contribution in [2.45, 2.75) is 13.5 Å². The molecule has 1 fully saturated rings. The first-order valence-electron chi connectivity index (χ1n) is 9.86. The number of rotatable bonds is 5. The van der Waals surface area contributed by atoms with E-state index in [0.717, 1.165) is 37.4 Å². The van der Waals surface area contributed by atoms with Crippen molar-refractivity contribution in [2.24, 2.45) is 0 Å². The Morgan fingerprint density at radius 3 is 1.86 bits per heavy atom. The zero-order valence-electron chi connectivity index (χ0n) is 16.3. The molecule has 0 unspecified atom stereocenters. The number of hydrogen-bond donors (Lipinski definition) is 2. The van der Waals surface area contributed by atoms with Gasteiger partial charge in [0.15, 0.2) is 0 Å². The van der Waals surface area contributed by atoms with Crippen LogP contribution in [0, 0.1) is 6.92 Å². The Kier molecular flexibility index (Phi) is 5.38. The summed E-state index contributed by atoms with van der Waals surface area (Å²) in [6.07, 6.45) is 0. The van der Waals surface area contributed by atoms with Gasteiger partial charge in [0.2, 0.25) is 0 Å². The topological polar surface area (TPSA) is 38.7 Å². The molecule has 0 amide bonds. The Balaban J connectivity index is 1.32. The fraction of sp³-hybridized carbons (Fsp3) is 0.250. The van der Waals surface area contributed by atoms with Crippen LogP contribution in [0.15, 0.2) is 72.8 Å². The summed E-state index contributed by atoms with van der Waals surface area (Å²) in [4.78, 5) is 4.90.